The van der Waals surface area contributed by atoms with E-state index in [1.807, 2.05) is 18.5 Å². The summed E-state index contributed by atoms with van der Waals surface area (Å²) in [6.45, 7) is 2.44. The van der Waals surface area contributed by atoms with Gasteiger partial charge in [-0.25, -0.2) is 9.97 Å². The molecule has 0 unspecified atom stereocenters. The number of hydrogen-bond donors (Lipinski definition) is 1. The lowest BCUT2D eigenvalue weighted by Gasteiger charge is -2.24. The van der Waals surface area contributed by atoms with Crippen LogP contribution in [-0.4, -0.2) is 29.7 Å². The molecule has 2 heterocycles. The number of nitrogens with zero attached hydrogens (tertiary/aromatic N) is 2. The summed E-state index contributed by atoms with van der Waals surface area (Å²) in [5.74, 6) is 1.54. The van der Waals surface area contributed by atoms with Crippen molar-refractivity contribution in [2.45, 2.75) is 31.3 Å². The second kappa shape index (κ2) is 6.56. The summed E-state index contributed by atoms with van der Waals surface area (Å²) in [6, 6.07) is 6.16. The van der Waals surface area contributed by atoms with Gasteiger partial charge in [-0.3, -0.25) is 0 Å². The fraction of sp³-hybridized carbons (Fsp3) is 0.444. The van der Waals surface area contributed by atoms with Crippen molar-refractivity contribution in [1.29, 1.82) is 0 Å². The van der Waals surface area contributed by atoms with Crippen LogP contribution >= 0.6 is 11.6 Å². The maximum atomic E-state index is 6.46. The molecule has 5 heteroatoms. The number of nitrogens with one attached hydrogen (secondary N) is 1. The molecule has 1 aromatic heterocycles. The van der Waals surface area contributed by atoms with Crippen molar-refractivity contribution in [2.24, 2.45) is 0 Å². The molecule has 0 radical (unpaired) electrons. The average Bonchev–Trinajstić information content (AvgIpc) is 3.42. The molecule has 1 atom stereocenters. The second-order valence-corrected chi connectivity index (χ2v) is 6.71. The van der Waals surface area contributed by atoms with Crippen LogP contribution in [0.3, 0.4) is 0 Å². The molecule has 2 fully saturated rings. The summed E-state index contributed by atoms with van der Waals surface area (Å²) in [4.78, 5) is 8.98. The lowest BCUT2D eigenvalue weighted by atomic mass is 10.0. The number of aromatic nitrogens is 2. The zero-order valence-corrected chi connectivity index (χ0v) is 13.7. The third-order valence-electron chi connectivity index (χ3n) is 4.48. The summed E-state index contributed by atoms with van der Waals surface area (Å²) in [6.07, 6.45) is 7.24. The van der Waals surface area contributed by atoms with Gasteiger partial charge >= 0.3 is 0 Å². The molecule has 2 aliphatic rings. The quantitative estimate of drug-likeness (QED) is 0.935. The molecule has 1 aromatic carbocycles. The summed E-state index contributed by atoms with van der Waals surface area (Å²) >= 11 is 6.46. The largest absolute Gasteiger partial charge is 0.371 e. The smallest absolute Gasteiger partial charge is 0.132 e. The van der Waals surface area contributed by atoms with Crippen molar-refractivity contribution >= 4 is 11.6 Å². The number of ether oxygens (including phenoxy) is 1. The normalized spacial score (nSPS) is 21.3. The number of benzene rings is 1. The highest BCUT2D eigenvalue weighted by molar-refractivity contribution is 6.31. The fourth-order valence-electron chi connectivity index (χ4n) is 2.97. The average molecular weight is 330 g/mol. The van der Waals surface area contributed by atoms with E-state index in [4.69, 9.17) is 16.3 Å². The first-order valence-electron chi connectivity index (χ1n) is 8.21. The molecular formula is C18H20ClN3O. The monoisotopic (exact) mass is 329 g/mol. The molecule has 120 valence electrons. The Balaban J connectivity index is 1.47. The van der Waals surface area contributed by atoms with E-state index in [0.717, 1.165) is 41.7 Å². The van der Waals surface area contributed by atoms with Gasteiger partial charge in [0, 0.05) is 42.5 Å². The van der Waals surface area contributed by atoms with Gasteiger partial charge in [-0.05, 0) is 36.0 Å². The highest BCUT2D eigenvalue weighted by Gasteiger charge is 2.24. The maximum Gasteiger partial charge on any atom is 0.132 e. The summed E-state index contributed by atoms with van der Waals surface area (Å²) in [7, 11) is 0. The van der Waals surface area contributed by atoms with Gasteiger partial charge < -0.3 is 10.1 Å². The van der Waals surface area contributed by atoms with E-state index in [1.165, 1.54) is 18.4 Å². The van der Waals surface area contributed by atoms with Gasteiger partial charge in [0.25, 0.3) is 0 Å². The van der Waals surface area contributed by atoms with Crippen molar-refractivity contribution in [3.8, 4) is 0 Å². The Morgan fingerprint density at radius 3 is 2.70 bits per heavy atom. The van der Waals surface area contributed by atoms with E-state index in [9.17, 15) is 0 Å². The van der Waals surface area contributed by atoms with Crippen LogP contribution in [0.2, 0.25) is 5.02 Å². The number of morpholine rings is 1. The van der Waals surface area contributed by atoms with Gasteiger partial charge in [-0.15, -0.1) is 0 Å². The fourth-order valence-corrected chi connectivity index (χ4v) is 3.30. The van der Waals surface area contributed by atoms with Crippen molar-refractivity contribution in [3.63, 3.8) is 0 Å². The zero-order valence-electron chi connectivity index (χ0n) is 13.0. The Morgan fingerprint density at radius 1 is 1.22 bits per heavy atom. The Labute approximate surface area is 141 Å². The van der Waals surface area contributed by atoms with Crippen molar-refractivity contribution in [3.05, 3.63) is 58.1 Å². The third kappa shape index (κ3) is 3.55. The SMILES string of the molecule is Clc1cc(Cc2ncc(C3CC3)cn2)ccc1[C@H]1CNCCO1. The molecule has 0 bridgehead atoms. The molecule has 4 rings (SSSR count). The lowest BCUT2D eigenvalue weighted by Crippen LogP contribution is -2.33. The standard InChI is InChI=1S/C18H20ClN3O/c19-16-7-12(1-4-15(16)17-11-20-5-6-23-17)8-18-21-9-14(10-22-18)13-2-3-13/h1,4,7,9-10,13,17,20H,2-3,5-6,8,11H2/t17-/m1/s1. The van der Waals surface area contributed by atoms with Gasteiger partial charge in [0.05, 0.1) is 12.7 Å². The zero-order chi connectivity index (χ0) is 15.6. The Hall–Kier alpha value is -1.49. The van der Waals surface area contributed by atoms with E-state index >= 15 is 0 Å². The van der Waals surface area contributed by atoms with E-state index in [-0.39, 0.29) is 6.10 Å². The Morgan fingerprint density at radius 2 is 2.04 bits per heavy atom. The minimum atomic E-state index is 0.0411. The van der Waals surface area contributed by atoms with Crippen molar-refractivity contribution in [2.75, 3.05) is 19.7 Å². The summed E-state index contributed by atoms with van der Waals surface area (Å²) in [5.41, 5.74) is 3.44. The van der Waals surface area contributed by atoms with E-state index in [2.05, 4.69) is 27.4 Å². The summed E-state index contributed by atoms with van der Waals surface area (Å²) < 4.78 is 5.77. The molecule has 1 saturated heterocycles. The van der Waals surface area contributed by atoms with Gasteiger partial charge in [0.1, 0.15) is 5.82 Å². The van der Waals surface area contributed by atoms with Crippen LogP contribution in [0.1, 0.15) is 47.4 Å². The number of hydrogen-bond acceptors (Lipinski definition) is 4. The lowest BCUT2D eigenvalue weighted by molar-refractivity contribution is 0.0277. The predicted molar refractivity (Wildman–Crippen MR) is 89.8 cm³/mol. The first-order chi connectivity index (χ1) is 11.3. The van der Waals surface area contributed by atoms with Crippen LogP contribution in [0.25, 0.3) is 0 Å². The van der Waals surface area contributed by atoms with Crippen LogP contribution in [0.5, 0.6) is 0 Å². The predicted octanol–water partition coefficient (Wildman–Crippen LogP) is 3.26. The van der Waals surface area contributed by atoms with E-state index in [1.54, 1.807) is 0 Å². The second-order valence-electron chi connectivity index (χ2n) is 6.30. The van der Waals surface area contributed by atoms with Crippen molar-refractivity contribution in [1.82, 2.24) is 15.3 Å². The van der Waals surface area contributed by atoms with Crippen LogP contribution < -0.4 is 5.32 Å². The van der Waals surface area contributed by atoms with Crippen LogP contribution in [0.4, 0.5) is 0 Å². The molecular weight excluding hydrogens is 310 g/mol. The van der Waals surface area contributed by atoms with Crippen LogP contribution in [0, 0.1) is 0 Å². The van der Waals surface area contributed by atoms with E-state index in [0.29, 0.717) is 12.3 Å². The van der Waals surface area contributed by atoms with Gasteiger partial charge in [-0.2, -0.15) is 0 Å². The van der Waals surface area contributed by atoms with Gasteiger partial charge in [0.2, 0.25) is 0 Å². The maximum absolute atomic E-state index is 6.46. The topological polar surface area (TPSA) is 47.0 Å². The molecule has 0 spiro atoms. The first-order valence-corrected chi connectivity index (χ1v) is 8.59. The van der Waals surface area contributed by atoms with Crippen LogP contribution in [-0.2, 0) is 11.2 Å². The highest BCUT2D eigenvalue weighted by atomic mass is 35.5. The molecule has 1 N–H and O–H groups in total. The van der Waals surface area contributed by atoms with Crippen LogP contribution in [0.15, 0.2) is 30.6 Å². The van der Waals surface area contributed by atoms with Gasteiger partial charge in [-0.1, -0.05) is 23.7 Å². The molecule has 2 aromatic rings. The number of rotatable bonds is 4. The minimum Gasteiger partial charge on any atom is -0.371 e. The molecule has 1 saturated carbocycles. The third-order valence-corrected chi connectivity index (χ3v) is 4.80. The molecule has 1 aliphatic carbocycles. The Bertz CT molecular complexity index is 679. The highest BCUT2D eigenvalue weighted by Crippen LogP contribution is 2.39. The molecule has 0 amide bonds. The molecule has 4 nitrogen and oxygen atoms in total. The molecule has 23 heavy (non-hydrogen) atoms. The Kier molecular flexibility index (Phi) is 4.29. The molecule has 1 aliphatic heterocycles. The summed E-state index contributed by atoms with van der Waals surface area (Å²) in [5, 5.41) is 4.09. The minimum absolute atomic E-state index is 0.0411. The number of halogens is 1. The van der Waals surface area contributed by atoms with Gasteiger partial charge in [0.15, 0.2) is 0 Å². The first kappa shape index (κ1) is 15.1. The van der Waals surface area contributed by atoms with Crippen molar-refractivity contribution < 1.29 is 4.74 Å². The van der Waals surface area contributed by atoms with E-state index < -0.39 is 0 Å².